The van der Waals surface area contributed by atoms with Crippen molar-refractivity contribution in [3.8, 4) is 0 Å². The molecule has 0 N–H and O–H groups in total. The fraction of sp³-hybridized carbons (Fsp3) is 0.292. The van der Waals surface area contributed by atoms with Gasteiger partial charge in [-0.1, -0.05) is 36.8 Å². The number of carbonyl (C=O) groups is 2. The van der Waals surface area contributed by atoms with Crippen LogP contribution < -0.4 is 4.57 Å². The third-order valence-corrected chi connectivity index (χ3v) is 5.34. The number of benzene rings is 2. The second kappa shape index (κ2) is 8.34. The van der Waals surface area contributed by atoms with Gasteiger partial charge in [0.2, 0.25) is 12.3 Å². The predicted molar refractivity (Wildman–Crippen MR) is 107 cm³/mol. The molecular formula is C24H24NO3+. The smallest absolute Gasteiger partial charge is 0.338 e. The summed E-state index contributed by atoms with van der Waals surface area (Å²) < 4.78 is 7.47. The van der Waals surface area contributed by atoms with Crippen LogP contribution in [-0.2, 0) is 11.3 Å². The van der Waals surface area contributed by atoms with E-state index in [1.807, 2.05) is 47.3 Å². The van der Waals surface area contributed by atoms with Crippen molar-refractivity contribution in [1.82, 2.24) is 0 Å². The van der Waals surface area contributed by atoms with E-state index in [9.17, 15) is 9.59 Å². The molecule has 4 rings (SSSR count). The van der Waals surface area contributed by atoms with E-state index in [1.165, 1.54) is 6.42 Å². The van der Waals surface area contributed by atoms with E-state index in [0.29, 0.717) is 11.1 Å². The summed E-state index contributed by atoms with van der Waals surface area (Å²) in [6.07, 6.45) is 9.29. The Morgan fingerprint density at radius 1 is 0.857 bits per heavy atom. The van der Waals surface area contributed by atoms with Gasteiger partial charge in [0.25, 0.3) is 0 Å². The highest BCUT2D eigenvalue weighted by molar-refractivity contribution is 5.97. The second-order valence-corrected chi connectivity index (χ2v) is 7.41. The van der Waals surface area contributed by atoms with Gasteiger partial charge in [0, 0.05) is 17.0 Å². The molecule has 2 aromatic carbocycles. The van der Waals surface area contributed by atoms with E-state index < -0.39 is 0 Å². The highest BCUT2D eigenvalue weighted by Gasteiger charge is 2.19. The van der Waals surface area contributed by atoms with Gasteiger partial charge < -0.3 is 4.74 Å². The number of esters is 1. The lowest BCUT2D eigenvalue weighted by atomic mass is 9.98. The number of fused-ring (bicyclic) bond motifs is 1. The standard InChI is InChI=1S/C24H24NO3/c26-23(17-25-15-14-18-6-4-5-7-21(18)16-25)19-10-12-20(13-11-19)24(27)28-22-8-2-1-3-9-22/h4-7,10-16,22H,1-3,8-9,17H2/q+1. The zero-order chi connectivity index (χ0) is 19.3. The van der Waals surface area contributed by atoms with Gasteiger partial charge in [0.1, 0.15) is 6.10 Å². The quantitative estimate of drug-likeness (QED) is 0.375. The van der Waals surface area contributed by atoms with Crippen molar-refractivity contribution in [2.24, 2.45) is 0 Å². The summed E-state index contributed by atoms with van der Waals surface area (Å²) in [7, 11) is 0. The van der Waals surface area contributed by atoms with Crippen molar-refractivity contribution in [3.63, 3.8) is 0 Å². The summed E-state index contributed by atoms with van der Waals surface area (Å²) in [5, 5.41) is 2.24. The maximum Gasteiger partial charge on any atom is 0.338 e. The number of rotatable bonds is 5. The molecule has 0 amide bonds. The summed E-state index contributed by atoms with van der Waals surface area (Å²) in [5.41, 5.74) is 1.09. The minimum atomic E-state index is -0.296. The number of hydrogen-bond acceptors (Lipinski definition) is 3. The fourth-order valence-electron chi connectivity index (χ4n) is 3.73. The molecule has 0 saturated heterocycles. The van der Waals surface area contributed by atoms with Gasteiger partial charge in [-0.2, -0.15) is 4.57 Å². The zero-order valence-corrected chi connectivity index (χ0v) is 15.8. The van der Waals surface area contributed by atoms with Gasteiger partial charge in [-0.3, -0.25) is 4.79 Å². The van der Waals surface area contributed by atoms with Crippen molar-refractivity contribution >= 4 is 22.5 Å². The Kier molecular flexibility index (Phi) is 5.47. The monoisotopic (exact) mass is 374 g/mol. The molecule has 3 aromatic rings. The minimum absolute atomic E-state index is 0.00692. The molecule has 142 valence electrons. The lowest BCUT2D eigenvalue weighted by molar-refractivity contribution is -0.681. The number of ether oxygens (including phenoxy) is 1. The largest absolute Gasteiger partial charge is 0.459 e. The lowest BCUT2D eigenvalue weighted by Gasteiger charge is -2.21. The third-order valence-electron chi connectivity index (χ3n) is 5.34. The summed E-state index contributed by atoms with van der Waals surface area (Å²) in [4.78, 5) is 24.9. The first-order valence-electron chi connectivity index (χ1n) is 9.91. The number of hydrogen-bond donors (Lipinski definition) is 0. The Labute approximate surface area is 164 Å². The van der Waals surface area contributed by atoms with Crippen LogP contribution in [0.25, 0.3) is 10.8 Å². The Balaban J connectivity index is 1.40. The molecule has 1 aliphatic carbocycles. The molecule has 0 aliphatic heterocycles. The lowest BCUT2D eigenvalue weighted by Crippen LogP contribution is -2.37. The topological polar surface area (TPSA) is 47.2 Å². The minimum Gasteiger partial charge on any atom is -0.459 e. The third kappa shape index (κ3) is 4.28. The fourth-order valence-corrected chi connectivity index (χ4v) is 3.73. The summed E-state index contributed by atoms with van der Waals surface area (Å²) in [6.45, 7) is 0.261. The second-order valence-electron chi connectivity index (χ2n) is 7.41. The maximum atomic E-state index is 12.6. The number of nitrogens with zero attached hydrogens (tertiary/aromatic N) is 1. The average Bonchev–Trinajstić information content (AvgIpc) is 2.74. The molecule has 1 fully saturated rings. The SMILES string of the molecule is O=C(C[n+]1ccc2ccccc2c1)c1ccc(C(=O)OC2CCCCC2)cc1. The molecule has 28 heavy (non-hydrogen) atoms. The average molecular weight is 374 g/mol. The molecule has 1 heterocycles. The molecule has 4 heteroatoms. The number of pyridine rings is 1. The van der Waals surface area contributed by atoms with Crippen LogP contribution in [0, 0.1) is 0 Å². The van der Waals surface area contributed by atoms with Crippen LogP contribution in [0.15, 0.2) is 67.0 Å². The molecule has 1 aliphatic rings. The Bertz CT molecular complexity index is 988. The van der Waals surface area contributed by atoms with Gasteiger partial charge >= 0.3 is 5.97 Å². The molecule has 0 atom stereocenters. The van der Waals surface area contributed by atoms with Crippen molar-refractivity contribution in [2.75, 3.05) is 0 Å². The van der Waals surface area contributed by atoms with E-state index in [2.05, 4.69) is 0 Å². The Morgan fingerprint density at radius 3 is 2.29 bits per heavy atom. The van der Waals surface area contributed by atoms with Crippen LogP contribution in [0.2, 0.25) is 0 Å². The van der Waals surface area contributed by atoms with E-state index >= 15 is 0 Å². The van der Waals surface area contributed by atoms with E-state index in [0.717, 1.165) is 36.5 Å². The number of ketones is 1. The Morgan fingerprint density at radius 2 is 1.54 bits per heavy atom. The van der Waals surface area contributed by atoms with Crippen LogP contribution >= 0.6 is 0 Å². The van der Waals surface area contributed by atoms with E-state index in [-0.39, 0.29) is 24.4 Å². The molecule has 0 bridgehead atoms. The number of aromatic nitrogens is 1. The highest BCUT2D eigenvalue weighted by atomic mass is 16.5. The molecule has 4 nitrogen and oxygen atoms in total. The van der Waals surface area contributed by atoms with E-state index in [4.69, 9.17) is 4.74 Å². The zero-order valence-electron chi connectivity index (χ0n) is 15.8. The highest BCUT2D eigenvalue weighted by Crippen LogP contribution is 2.21. The van der Waals surface area contributed by atoms with Gasteiger partial charge in [0.15, 0.2) is 12.4 Å². The van der Waals surface area contributed by atoms with Crippen LogP contribution in [0.1, 0.15) is 52.8 Å². The predicted octanol–water partition coefficient (Wildman–Crippen LogP) is 4.50. The Hall–Kier alpha value is -3.01. The molecule has 0 spiro atoms. The van der Waals surface area contributed by atoms with Crippen molar-refractivity contribution in [2.45, 2.75) is 44.8 Å². The van der Waals surface area contributed by atoms with Crippen LogP contribution in [0.5, 0.6) is 0 Å². The van der Waals surface area contributed by atoms with Crippen molar-refractivity contribution < 1.29 is 18.9 Å². The molecule has 0 radical (unpaired) electrons. The van der Waals surface area contributed by atoms with Crippen molar-refractivity contribution in [1.29, 1.82) is 0 Å². The van der Waals surface area contributed by atoms with Crippen LogP contribution in [0.3, 0.4) is 0 Å². The molecule has 1 saturated carbocycles. The van der Waals surface area contributed by atoms with Crippen LogP contribution in [-0.4, -0.2) is 17.9 Å². The molecular weight excluding hydrogens is 350 g/mol. The normalized spacial score (nSPS) is 14.7. The summed E-state index contributed by atoms with van der Waals surface area (Å²) in [5.74, 6) is -0.290. The number of Topliss-reactive ketones (excluding diaryl/α,β-unsaturated/α-hetero) is 1. The van der Waals surface area contributed by atoms with Gasteiger partial charge in [-0.25, -0.2) is 4.79 Å². The van der Waals surface area contributed by atoms with E-state index in [1.54, 1.807) is 24.3 Å². The van der Waals surface area contributed by atoms with Crippen molar-refractivity contribution in [3.05, 3.63) is 78.1 Å². The summed E-state index contributed by atoms with van der Waals surface area (Å²) in [6, 6.07) is 16.9. The molecule has 1 aromatic heterocycles. The molecule has 0 unspecified atom stereocenters. The first-order valence-corrected chi connectivity index (χ1v) is 9.91. The van der Waals surface area contributed by atoms with Crippen LogP contribution in [0.4, 0.5) is 0 Å². The van der Waals surface area contributed by atoms with Gasteiger partial charge in [-0.15, -0.1) is 0 Å². The summed E-state index contributed by atoms with van der Waals surface area (Å²) >= 11 is 0. The maximum absolute atomic E-state index is 12.6. The first kappa shape index (κ1) is 18.4. The van der Waals surface area contributed by atoms with Gasteiger partial charge in [-0.05, 0) is 49.3 Å². The first-order chi connectivity index (χ1) is 13.7. The van der Waals surface area contributed by atoms with Gasteiger partial charge in [0.05, 0.1) is 5.56 Å². The number of carbonyl (C=O) groups excluding carboxylic acids is 2.